The molecule has 0 aliphatic rings. The van der Waals surface area contributed by atoms with Crippen molar-refractivity contribution in [2.75, 3.05) is 13.1 Å². The SMILES string of the molecule is CCN(CC)S(=O)(=O)c1ccc(Cl)c(C(=O)N[C@@H](C)Cc2ccco2)c1. The van der Waals surface area contributed by atoms with Crippen LogP contribution in [-0.4, -0.2) is 37.8 Å². The van der Waals surface area contributed by atoms with E-state index in [1.807, 2.05) is 13.0 Å². The van der Waals surface area contributed by atoms with Gasteiger partial charge in [0, 0.05) is 25.6 Å². The van der Waals surface area contributed by atoms with E-state index in [-0.39, 0.29) is 21.5 Å². The van der Waals surface area contributed by atoms with Gasteiger partial charge in [-0.05, 0) is 37.3 Å². The first-order chi connectivity index (χ1) is 12.3. The summed E-state index contributed by atoms with van der Waals surface area (Å²) in [6.45, 7) is 6.07. The lowest BCUT2D eigenvalue weighted by molar-refractivity contribution is 0.0939. The molecule has 0 fully saturated rings. The number of amides is 1. The van der Waals surface area contributed by atoms with Gasteiger partial charge in [-0.1, -0.05) is 25.4 Å². The molecular weight excluding hydrogens is 376 g/mol. The van der Waals surface area contributed by atoms with Crippen molar-refractivity contribution in [3.8, 4) is 0 Å². The van der Waals surface area contributed by atoms with E-state index < -0.39 is 15.9 Å². The van der Waals surface area contributed by atoms with Crippen molar-refractivity contribution < 1.29 is 17.6 Å². The molecule has 0 radical (unpaired) electrons. The third-order valence-electron chi connectivity index (χ3n) is 3.99. The van der Waals surface area contributed by atoms with Gasteiger partial charge in [-0.3, -0.25) is 4.79 Å². The van der Waals surface area contributed by atoms with Crippen LogP contribution >= 0.6 is 11.6 Å². The molecule has 0 spiro atoms. The van der Waals surface area contributed by atoms with Crippen LogP contribution in [0.15, 0.2) is 45.9 Å². The lowest BCUT2D eigenvalue weighted by Gasteiger charge is -2.19. The highest BCUT2D eigenvalue weighted by atomic mass is 35.5. The highest BCUT2D eigenvalue weighted by Gasteiger charge is 2.24. The maximum absolute atomic E-state index is 12.7. The summed E-state index contributed by atoms with van der Waals surface area (Å²) >= 11 is 6.13. The maximum Gasteiger partial charge on any atom is 0.253 e. The van der Waals surface area contributed by atoms with Gasteiger partial charge in [0.15, 0.2) is 0 Å². The van der Waals surface area contributed by atoms with Gasteiger partial charge in [0.1, 0.15) is 5.76 Å². The Morgan fingerprint density at radius 2 is 1.96 bits per heavy atom. The molecule has 1 aromatic heterocycles. The molecule has 2 aromatic rings. The van der Waals surface area contributed by atoms with Crippen LogP contribution in [0.25, 0.3) is 0 Å². The molecule has 0 aliphatic heterocycles. The van der Waals surface area contributed by atoms with Crippen LogP contribution in [-0.2, 0) is 16.4 Å². The van der Waals surface area contributed by atoms with Crippen LogP contribution in [0.4, 0.5) is 0 Å². The van der Waals surface area contributed by atoms with E-state index in [1.165, 1.54) is 22.5 Å². The van der Waals surface area contributed by atoms with E-state index in [2.05, 4.69) is 5.32 Å². The van der Waals surface area contributed by atoms with Crippen LogP contribution in [0.1, 0.15) is 36.9 Å². The van der Waals surface area contributed by atoms with Gasteiger partial charge in [0.05, 0.1) is 21.7 Å². The predicted octanol–water partition coefficient (Wildman–Crippen LogP) is 3.32. The molecule has 2 rings (SSSR count). The molecule has 1 aromatic carbocycles. The summed E-state index contributed by atoms with van der Waals surface area (Å²) in [5.41, 5.74) is 0.131. The van der Waals surface area contributed by atoms with Gasteiger partial charge in [0.25, 0.3) is 5.91 Å². The van der Waals surface area contributed by atoms with E-state index in [0.717, 1.165) is 5.76 Å². The zero-order valence-corrected chi connectivity index (χ0v) is 16.6. The van der Waals surface area contributed by atoms with Crippen LogP contribution in [0.5, 0.6) is 0 Å². The van der Waals surface area contributed by atoms with Crippen LogP contribution < -0.4 is 5.32 Å². The highest BCUT2D eigenvalue weighted by Crippen LogP contribution is 2.23. The minimum Gasteiger partial charge on any atom is -0.469 e. The second-order valence-electron chi connectivity index (χ2n) is 5.89. The fourth-order valence-corrected chi connectivity index (χ4v) is 4.32. The Kier molecular flexibility index (Phi) is 6.86. The number of hydrogen-bond donors (Lipinski definition) is 1. The molecule has 0 bridgehead atoms. The second kappa shape index (κ2) is 8.70. The molecule has 142 valence electrons. The minimum absolute atomic E-state index is 0.0504. The van der Waals surface area contributed by atoms with Crippen molar-refractivity contribution in [1.29, 1.82) is 0 Å². The van der Waals surface area contributed by atoms with Gasteiger partial charge in [0.2, 0.25) is 10.0 Å². The van der Waals surface area contributed by atoms with Crippen molar-refractivity contribution in [1.82, 2.24) is 9.62 Å². The third kappa shape index (κ3) is 4.66. The summed E-state index contributed by atoms with van der Waals surface area (Å²) in [4.78, 5) is 12.6. The van der Waals surface area contributed by atoms with Gasteiger partial charge < -0.3 is 9.73 Å². The van der Waals surface area contributed by atoms with Crippen molar-refractivity contribution in [3.63, 3.8) is 0 Å². The lowest BCUT2D eigenvalue weighted by atomic mass is 10.1. The Balaban J connectivity index is 2.22. The summed E-state index contributed by atoms with van der Waals surface area (Å²) in [6.07, 6.45) is 2.09. The number of carbonyl (C=O) groups is 1. The maximum atomic E-state index is 12.7. The second-order valence-corrected chi connectivity index (χ2v) is 8.23. The van der Waals surface area contributed by atoms with E-state index >= 15 is 0 Å². The number of sulfonamides is 1. The molecule has 1 heterocycles. The largest absolute Gasteiger partial charge is 0.469 e. The summed E-state index contributed by atoms with van der Waals surface area (Å²) in [6, 6.07) is 7.58. The first-order valence-electron chi connectivity index (χ1n) is 8.42. The lowest BCUT2D eigenvalue weighted by Crippen LogP contribution is -2.34. The summed E-state index contributed by atoms with van der Waals surface area (Å²) in [5, 5.41) is 3.02. The standard InChI is InChI=1S/C18H23ClN2O4S/c1-4-21(5-2)26(23,24)15-8-9-17(19)16(12-15)18(22)20-13(3)11-14-7-6-10-25-14/h6-10,12-13H,4-5,11H2,1-3H3,(H,20,22)/t13-/m0/s1. The normalized spacial score (nSPS) is 13.0. The minimum atomic E-state index is -3.66. The molecule has 6 nitrogen and oxygen atoms in total. The molecule has 0 saturated heterocycles. The zero-order valence-electron chi connectivity index (χ0n) is 15.0. The van der Waals surface area contributed by atoms with Crippen molar-refractivity contribution in [3.05, 3.63) is 52.9 Å². The smallest absolute Gasteiger partial charge is 0.253 e. The third-order valence-corrected chi connectivity index (χ3v) is 6.37. The molecule has 0 saturated carbocycles. The van der Waals surface area contributed by atoms with Crippen LogP contribution in [0, 0.1) is 0 Å². The average Bonchev–Trinajstić information content (AvgIpc) is 3.08. The fourth-order valence-electron chi connectivity index (χ4n) is 2.63. The summed E-state index contributed by atoms with van der Waals surface area (Å²) < 4.78 is 31.9. The number of nitrogens with zero attached hydrogens (tertiary/aromatic N) is 1. The Morgan fingerprint density at radius 1 is 1.27 bits per heavy atom. The quantitative estimate of drug-likeness (QED) is 0.739. The first kappa shape index (κ1) is 20.5. The van der Waals surface area contributed by atoms with Crippen molar-refractivity contribution in [2.45, 2.75) is 38.1 Å². The van der Waals surface area contributed by atoms with E-state index in [0.29, 0.717) is 19.5 Å². The molecule has 1 N–H and O–H groups in total. The predicted molar refractivity (Wildman–Crippen MR) is 101 cm³/mol. The van der Waals surface area contributed by atoms with E-state index in [9.17, 15) is 13.2 Å². The van der Waals surface area contributed by atoms with E-state index in [1.54, 1.807) is 26.2 Å². The van der Waals surface area contributed by atoms with E-state index in [4.69, 9.17) is 16.0 Å². The fraction of sp³-hybridized carbons (Fsp3) is 0.389. The average molecular weight is 399 g/mol. The van der Waals surface area contributed by atoms with Crippen molar-refractivity contribution >= 4 is 27.5 Å². The van der Waals surface area contributed by atoms with Crippen molar-refractivity contribution in [2.24, 2.45) is 0 Å². The molecule has 0 aliphatic carbocycles. The van der Waals surface area contributed by atoms with Gasteiger partial charge in [-0.2, -0.15) is 4.31 Å². The number of hydrogen-bond acceptors (Lipinski definition) is 4. The first-order valence-corrected chi connectivity index (χ1v) is 10.2. The summed E-state index contributed by atoms with van der Waals surface area (Å²) in [5.74, 6) is 0.326. The number of benzene rings is 1. The number of halogens is 1. The Bertz CT molecular complexity index is 846. The topological polar surface area (TPSA) is 79.6 Å². The summed E-state index contributed by atoms with van der Waals surface area (Å²) in [7, 11) is -3.66. The van der Waals surface area contributed by atoms with Gasteiger partial charge >= 0.3 is 0 Å². The highest BCUT2D eigenvalue weighted by molar-refractivity contribution is 7.89. The van der Waals surface area contributed by atoms with Crippen LogP contribution in [0.3, 0.4) is 0 Å². The monoisotopic (exact) mass is 398 g/mol. The number of furan rings is 1. The Morgan fingerprint density at radius 3 is 2.54 bits per heavy atom. The van der Waals surface area contributed by atoms with Gasteiger partial charge in [-0.15, -0.1) is 0 Å². The zero-order chi connectivity index (χ0) is 19.3. The molecule has 1 atom stereocenters. The number of carbonyl (C=O) groups excluding carboxylic acids is 1. The van der Waals surface area contributed by atoms with Crippen LogP contribution in [0.2, 0.25) is 5.02 Å². The molecule has 26 heavy (non-hydrogen) atoms. The Labute approximate surface area is 159 Å². The number of nitrogens with one attached hydrogen (secondary N) is 1. The number of rotatable bonds is 8. The molecule has 1 amide bonds. The Hall–Kier alpha value is -1.83. The molecule has 8 heteroatoms. The van der Waals surface area contributed by atoms with Gasteiger partial charge in [-0.25, -0.2) is 8.42 Å². The molecular formula is C18H23ClN2O4S. The molecule has 0 unspecified atom stereocenters.